The maximum Gasteiger partial charge on any atom is 0.222 e. The maximum atomic E-state index is 5.59. The molecule has 0 spiro atoms. The fraction of sp³-hybridized carbons (Fsp3) is 0.353. The Morgan fingerprint density at radius 2 is 2.09 bits per heavy atom. The monoisotopic (exact) mass is 296 g/mol. The lowest BCUT2D eigenvalue weighted by molar-refractivity contribution is 0.328. The molecule has 3 rings (SSSR count). The van der Waals surface area contributed by atoms with E-state index in [0.717, 1.165) is 28.7 Å². The van der Waals surface area contributed by atoms with Crippen molar-refractivity contribution in [3.05, 3.63) is 36.7 Å². The highest BCUT2D eigenvalue weighted by molar-refractivity contribution is 5.79. The lowest BCUT2D eigenvalue weighted by atomic mass is 10.1. The average molecular weight is 296 g/mol. The summed E-state index contributed by atoms with van der Waals surface area (Å²) in [6.07, 6.45) is 4.59. The van der Waals surface area contributed by atoms with Gasteiger partial charge in [0.15, 0.2) is 0 Å². The van der Waals surface area contributed by atoms with Crippen LogP contribution in [-0.2, 0) is 0 Å². The molecule has 22 heavy (non-hydrogen) atoms. The van der Waals surface area contributed by atoms with E-state index in [1.165, 1.54) is 0 Å². The first-order valence-corrected chi connectivity index (χ1v) is 7.67. The third-order valence-electron chi connectivity index (χ3n) is 3.79. The summed E-state index contributed by atoms with van der Waals surface area (Å²) in [5, 5.41) is 4.47. The zero-order valence-corrected chi connectivity index (χ0v) is 13.2. The highest BCUT2D eigenvalue weighted by Gasteiger charge is 2.13. The summed E-state index contributed by atoms with van der Waals surface area (Å²) in [5.41, 5.74) is 3.71. The van der Waals surface area contributed by atoms with Crippen LogP contribution in [0.1, 0.15) is 33.2 Å². The minimum Gasteiger partial charge on any atom is -0.477 e. The molecule has 3 aromatic rings. The molecule has 0 amide bonds. The number of rotatable bonds is 5. The molecular weight excluding hydrogens is 276 g/mol. The summed E-state index contributed by atoms with van der Waals surface area (Å²) < 4.78 is 7.62. The van der Waals surface area contributed by atoms with Crippen LogP contribution in [0.3, 0.4) is 0 Å². The zero-order valence-electron chi connectivity index (χ0n) is 13.2. The van der Waals surface area contributed by atoms with Crippen LogP contribution in [0.4, 0.5) is 0 Å². The summed E-state index contributed by atoms with van der Waals surface area (Å²) in [4.78, 5) is 9.01. The number of hydrogen-bond donors (Lipinski definition) is 0. The summed E-state index contributed by atoms with van der Waals surface area (Å²) in [6, 6.07) is 8.31. The van der Waals surface area contributed by atoms with Crippen molar-refractivity contribution in [2.24, 2.45) is 0 Å². The van der Waals surface area contributed by atoms with E-state index < -0.39 is 0 Å². The molecule has 0 saturated heterocycles. The molecule has 0 aliphatic carbocycles. The molecule has 0 N–H and O–H groups in total. The van der Waals surface area contributed by atoms with Crippen molar-refractivity contribution in [2.45, 2.75) is 33.2 Å². The molecule has 1 atom stereocenters. The summed E-state index contributed by atoms with van der Waals surface area (Å²) in [5.74, 6) is 0.617. The first-order chi connectivity index (χ1) is 10.7. The van der Waals surface area contributed by atoms with Crippen LogP contribution >= 0.6 is 0 Å². The van der Waals surface area contributed by atoms with Gasteiger partial charge in [0, 0.05) is 12.2 Å². The fourth-order valence-corrected chi connectivity index (χ4v) is 2.45. The van der Waals surface area contributed by atoms with Gasteiger partial charge in [-0.05, 0) is 44.5 Å². The number of nitrogens with zero attached hydrogens (tertiary/aromatic N) is 4. The first kappa shape index (κ1) is 14.5. The summed E-state index contributed by atoms with van der Waals surface area (Å²) >= 11 is 0. The van der Waals surface area contributed by atoms with Crippen LogP contribution in [0.25, 0.3) is 22.3 Å². The van der Waals surface area contributed by atoms with Crippen molar-refractivity contribution < 1.29 is 4.74 Å². The Morgan fingerprint density at radius 3 is 2.86 bits per heavy atom. The Kier molecular flexibility index (Phi) is 4.04. The molecule has 3 aromatic heterocycles. The third-order valence-corrected chi connectivity index (χ3v) is 3.79. The van der Waals surface area contributed by atoms with E-state index in [0.29, 0.717) is 18.5 Å². The number of hydrogen-bond acceptors (Lipinski definition) is 4. The minimum atomic E-state index is 0.363. The lowest BCUT2D eigenvalue weighted by Crippen LogP contribution is -2.05. The van der Waals surface area contributed by atoms with Gasteiger partial charge in [-0.2, -0.15) is 5.10 Å². The molecular formula is C17H20N4O. The quantitative estimate of drug-likeness (QED) is 0.717. The normalized spacial score (nSPS) is 12.5. The fourth-order valence-electron chi connectivity index (χ4n) is 2.45. The van der Waals surface area contributed by atoms with E-state index in [1.807, 2.05) is 36.0 Å². The molecule has 1 unspecified atom stereocenters. The second-order valence-corrected chi connectivity index (χ2v) is 5.24. The second-order valence-electron chi connectivity index (χ2n) is 5.24. The number of ether oxygens (including phenoxy) is 1. The van der Waals surface area contributed by atoms with Crippen molar-refractivity contribution in [1.82, 2.24) is 19.7 Å². The topological polar surface area (TPSA) is 52.8 Å². The Morgan fingerprint density at radius 1 is 1.23 bits per heavy atom. The molecule has 0 aliphatic rings. The van der Waals surface area contributed by atoms with Gasteiger partial charge in [-0.15, -0.1) is 0 Å². The molecule has 5 heteroatoms. The Labute approximate surface area is 130 Å². The Balaban J connectivity index is 2.07. The number of aromatic nitrogens is 4. The molecule has 114 valence electrons. The molecule has 0 aromatic carbocycles. The largest absolute Gasteiger partial charge is 0.477 e. The van der Waals surface area contributed by atoms with Gasteiger partial charge in [0.2, 0.25) is 5.88 Å². The van der Waals surface area contributed by atoms with Crippen molar-refractivity contribution in [3.8, 4) is 17.1 Å². The standard InChI is InChI=1S/C17H20N4O/c1-4-12(3)21-16-9-8-14(20-15(16)11-19-21)13-7-6-10-18-17(13)22-5-2/h6-12H,4-5H2,1-3H3. The van der Waals surface area contributed by atoms with Crippen molar-refractivity contribution in [2.75, 3.05) is 6.61 Å². The van der Waals surface area contributed by atoms with Gasteiger partial charge < -0.3 is 4.74 Å². The van der Waals surface area contributed by atoms with Gasteiger partial charge in [-0.25, -0.2) is 9.97 Å². The molecule has 0 aliphatic heterocycles. The van der Waals surface area contributed by atoms with Crippen molar-refractivity contribution in [3.63, 3.8) is 0 Å². The van der Waals surface area contributed by atoms with E-state index in [2.05, 4.69) is 30.0 Å². The molecule has 3 heterocycles. The molecule has 0 bridgehead atoms. The summed E-state index contributed by atoms with van der Waals surface area (Å²) in [6.45, 7) is 6.85. The van der Waals surface area contributed by atoms with Gasteiger partial charge in [-0.3, -0.25) is 4.68 Å². The average Bonchev–Trinajstić information content (AvgIpc) is 2.98. The van der Waals surface area contributed by atoms with E-state index in [4.69, 9.17) is 9.72 Å². The zero-order chi connectivity index (χ0) is 15.5. The van der Waals surface area contributed by atoms with E-state index in [-0.39, 0.29) is 0 Å². The van der Waals surface area contributed by atoms with Crippen LogP contribution in [0.5, 0.6) is 5.88 Å². The number of pyridine rings is 2. The van der Waals surface area contributed by atoms with Crippen molar-refractivity contribution in [1.29, 1.82) is 0 Å². The van der Waals surface area contributed by atoms with E-state index in [1.54, 1.807) is 6.20 Å². The lowest BCUT2D eigenvalue weighted by Gasteiger charge is -2.11. The van der Waals surface area contributed by atoms with Gasteiger partial charge in [0.05, 0.1) is 29.6 Å². The van der Waals surface area contributed by atoms with Crippen LogP contribution in [0.15, 0.2) is 36.7 Å². The Hall–Kier alpha value is -2.43. The maximum absolute atomic E-state index is 5.59. The van der Waals surface area contributed by atoms with Crippen LogP contribution in [-0.4, -0.2) is 26.4 Å². The number of fused-ring (bicyclic) bond motifs is 1. The molecule has 0 saturated carbocycles. The first-order valence-electron chi connectivity index (χ1n) is 7.67. The predicted molar refractivity (Wildman–Crippen MR) is 86.9 cm³/mol. The van der Waals surface area contributed by atoms with Gasteiger partial charge in [0.25, 0.3) is 0 Å². The van der Waals surface area contributed by atoms with E-state index >= 15 is 0 Å². The minimum absolute atomic E-state index is 0.363. The predicted octanol–water partition coefficient (Wildman–Crippen LogP) is 3.86. The Bertz CT molecular complexity index is 781. The SMILES string of the molecule is CCOc1ncccc1-c1ccc2c(cnn2C(C)CC)n1. The van der Waals surface area contributed by atoms with Gasteiger partial charge >= 0.3 is 0 Å². The van der Waals surface area contributed by atoms with Crippen LogP contribution in [0, 0.1) is 0 Å². The molecule has 0 fully saturated rings. The smallest absolute Gasteiger partial charge is 0.222 e. The van der Waals surface area contributed by atoms with Crippen molar-refractivity contribution >= 4 is 11.0 Å². The summed E-state index contributed by atoms with van der Waals surface area (Å²) in [7, 11) is 0. The highest BCUT2D eigenvalue weighted by Crippen LogP contribution is 2.28. The molecule has 0 radical (unpaired) electrons. The van der Waals surface area contributed by atoms with Crippen LogP contribution < -0.4 is 4.74 Å². The van der Waals surface area contributed by atoms with Crippen LogP contribution in [0.2, 0.25) is 0 Å². The molecule has 5 nitrogen and oxygen atoms in total. The highest BCUT2D eigenvalue weighted by atomic mass is 16.5. The van der Waals surface area contributed by atoms with Gasteiger partial charge in [-0.1, -0.05) is 6.92 Å². The van der Waals surface area contributed by atoms with E-state index in [9.17, 15) is 0 Å². The second kappa shape index (κ2) is 6.13. The van der Waals surface area contributed by atoms with Gasteiger partial charge in [0.1, 0.15) is 5.52 Å². The third kappa shape index (κ3) is 2.54.